The fourth-order valence-corrected chi connectivity index (χ4v) is 5.06. The Balaban J connectivity index is 2.19. The lowest BCUT2D eigenvalue weighted by Gasteiger charge is -2.30. The SMILES string of the molecule is CCCCCCCCCCCS(=O)(=O)N(C)CCC[N+](C)(C)Cc1ccccc1. The molecule has 0 spiro atoms. The van der Waals surface area contributed by atoms with E-state index in [0.717, 1.165) is 43.3 Å². The molecule has 0 amide bonds. The molecule has 4 nitrogen and oxygen atoms in total. The van der Waals surface area contributed by atoms with Crippen molar-refractivity contribution in [2.24, 2.45) is 0 Å². The molecule has 0 saturated carbocycles. The fraction of sp³-hybridized carbons (Fsp3) is 0.750. The third kappa shape index (κ3) is 12.4. The van der Waals surface area contributed by atoms with E-state index in [0.29, 0.717) is 12.3 Å². The molecule has 0 unspecified atom stereocenters. The molecule has 0 radical (unpaired) electrons. The molecule has 0 fully saturated rings. The van der Waals surface area contributed by atoms with Gasteiger partial charge in [-0.3, -0.25) is 0 Å². The largest absolute Gasteiger partial charge is 0.325 e. The predicted octanol–water partition coefficient (Wildman–Crippen LogP) is 5.45. The minimum Gasteiger partial charge on any atom is -0.325 e. The molecule has 0 aromatic heterocycles. The molecular formula is C24H45N2O2S+. The van der Waals surface area contributed by atoms with Gasteiger partial charge in [-0.1, -0.05) is 88.6 Å². The summed E-state index contributed by atoms with van der Waals surface area (Å²) < 4.78 is 27.5. The van der Waals surface area contributed by atoms with Crippen molar-refractivity contribution in [3.8, 4) is 0 Å². The Bertz CT molecular complexity index is 630. The van der Waals surface area contributed by atoms with E-state index in [1.165, 1.54) is 44.1 Å². The number of sulfonamides is 1. The van der Waals surface area contributed by atoms with Gasteiger partial charge in [0, 0.05) is 25.6 Å². The summed E-state index contributed by atoms with van der Waals surface area (Å²) in [6.45, 7) is 4.78. The number of unbranched alkanes of at least 4 members (excludes halogenated alkanes) is 8. The number of nitrogens with zero attached hydrogens (tertiary/aromatic N) is 2. The van der Waals surface area contributed by atoms with Gasteiger partial charge in [0.25, 0.3) is 0 Å². The van der Waals surface area contributed by atoms with Crippen molar-refractivity contribution in [1.82, 2.24) is 4.31 Å². The van der Waals surface area contributed by atoms with Gasteiger partial charge in [-0.2, -0.15) is 0 Å². The number of rotatable bonds is 17. The molecule has 0 aliphatic carbocycles. The summed E-state index contributed by atoms with van der Waals surface area (Å²) in [4.78, 5) is 0. The summed E-state index contributed by atoms with van der Waals surface area (Å²) in [5, 5.41) is 0. The van der Waals surface area contributed by atoms with Crippen molar-refractivity contribution >= 4 is 10.0 Å². The lowest BCUT2D eigenvalue weighted by atomic mass is 10.1. The molecule has 0 saturated heterocycles. The minimum atomic E-state index is -3.12. The highest BCUT2D eigenvalue weighted by molar-refractivity contribution is 7.89. The van der Waals surface area contributed by atoms with Crippen LogP contribution < -0.4 is 0 Å². The molecule has 1 aromatic rings. The van der Waals surface area contributed by atoms with Crippen molar-refractivity contribution in [2.75, 3.05) is 40.0 Å². The lowest BCUT2D eigenvalue weighted by Crippen LogP contribution is -2.41. The Hall–Kier alpha value is -0.910. The van der Waals surface area contributed by atoms with E-state index in [4.69, 9.17) is 0 Å². The summed E-state index contributed by atoms with van der Waals surface area (Å²) in [7, 11) is 3.05. The number of quaternary nitrogens is 1. The van der Waals surface area contributed by atoms with Crippen LogP contribution in [-0.4, -0.2) is 57.2 Å². The van der Waals surface area contributed by atoms with Crippen molar-refractivity contribution in [1.29, 1.82) is 0 Å². The molecule has 0 bridgehead atoms. The molecule has 0 aliphatic heterocycles. The van der Waals surface area contributed by atoms with Crippen LogP contribution in [0.4, 0.5) is 0 Å². The second-order valence-corrected chi connectivity index (χ2v) is 11.3. The zero-order valence-electron chi connectivity index (χ0n) is 19.4. The maximum Gasteiger partial charge on any atom is 0.213 e. The molecule has 1 rings (SSSR count). The van der Waals surface area contributed by atoms with Crippen LogP contribution in [0.3, 0.4) is 0 Å². The van der Waals surface area contributed by atoms with Gasteiger partial charge in [0.05, 0.1) is 26.4 Å². The van der Waals surface area contributed by atoms with Gasteiger partial charge in [0.2, 0.25) is 10.0 Å². The average Bonchev–Trinajstić information content (AvgIpc) is 2.66. The van der Waals surface area contributed by atoms with E-state index in [-0.39, 0.29) is 0 Å². The first-order valence-corrected chi connectivity index (χ1v) is 13.2. The third-order valence-corrected chi connectivity index (χ3v) is 7.61. The molecule has 5 heteroatoms. The molecule has 29 heavy (non-hydrogen) atoms. The Kier molecular flexibility index (Phi) is 12.8. The second-order valence-electron chi connectivity index (χ2n) is 9.12. The van der Waals surface area contributed by atoms with Crippen LogP contribution in [0.5, 0.6) is 0 Å². The molecular weight excluding hydrogens is 380 g/mol. The van der Waals surface area contributed by atoms with E-state index in [1.54, 1.807) is 11.4 Å². The third-order valence-electron chi connectivity index (χ3n) is 5.67. The Morgan fingerprint density at radius 2 is 1.38 bits per heavy atom. The molecule has 1 aromatic carbocycles. The van der Waals surface area contributed by atoms with Crippen molar-refractivity contribution in [3.63, 3.8) is 0 Å². The number of hydrogen-bond acceptors (Lipinski definition) is 2. The average molecular weight is 426 g/mol. The Labute approximate surface area is 180 Å². The molecule has 0 atom stereocenters. The Morgan fingerprint density at radius 1 is 0.828 bits per heavy atom. The first kappa shape index (κ1) is 26.1. The van der Waals surface area contributed by atoms with Gasteiger partial charge in [0.15, 0.2) is 0 Å². The van der Waals surface area contributed by atoms with Crippen LogP contribution in [-0.2, 0) is 16.6 Å². The summed E-state index contributed by atoms with van der Waals surface area (Å²) in [6, 6.07) is 10.5. The van der Waals surface area contributed by atoms with E-state index in [1.807, 2.05) is 6.07 Å². The van der Waals surface area contributed by atoms with Gasteiger partial charge >= 0.3 is 0 Å². The highest BCUT2D eigenvalue weighted by Crippen LogP contribution is 2.13. The number of hydrogen-bond donors (Lipinski definition) is 0. The summed E-state index contributed by atoms with van der Waals surface area (Å²) in [6.07, 6.45) is 11.7. The predicted molar refractivity (Wildman–Crippen MR) is 125 cm³/mol. The normalized spacial score (nSPS) is 12.6. The van der Waals surface area contributed by atoms with Gasteiger partial charge in [0.1, 0.15) is 6.54 Å². The van der Waals surface area contributed by atoms with Crippen LogP contribution >= 0.6 is 0 Å². The summed E-state index contributed by atoms with van der Waals surface area (Å²) in [5.41, 5.74) is 1.32. The van der Waals surface area contributed by atoms with Crippen LogP contribution in [0.25, 0.3) is 0 Å². The van der Waals surface area contributed by atoms with Gasteiger partial charge in [-0.05, 0) is 6.42 Å². The van der Waals surface area contributed by atoms with Crippen LogP contribution in [0.2, 0.25) is 0 Å². The molecule has 0 N–H and O–H groups in total. The zero-order valence-corrected chi connectivity index (χ0v) is 20.2. The maximum atomic E-state index is 12.5. The first-order chi connectivity index (χ1) is 13.8. The highest BCUT2D eigenvalue weighted by Gasteiger charge is 2.20. The van der Waals surface area contributed by atoms with Crippen molar-refractivity contribution in [3.05, 3.63) is 35.9 Å². The standard InChI is InChI=1S/C24H45N2O2S/c1-5-6-7-8-9-10-11-12-16-22-29(27,28)25(2)20-17-21-26(3,4)23-24-18-14-13-15-19-24/h13-15,18-19H,5-12,16-17,20-23H2,1-4H3/q+1. The van der Waals surface area contributed by atoms with E-state index >= 15 is 0 Å². The Morgan fingerprint density at radius 3 is 1.97 bits per heavy atom. The van der Waals surface area contributed by atoms with E-state index in [9.17, 15) is 8.42 Å². The molecule has 168 valence electrons. The fourth-order valence-electron chi connectivity index (χ4n) is 3.77. The molecule has 0 heterocycles. The molecule has 0 aliphatic rings. The van der Waals surface area contributed by atoms with Crippen LogP contribution in [0, 0.1) is 0 Å². The second kappa shape index (κ2) is 14.2. The maximum absolute atomic E-state index is 12.5. The zero-order chi connectivity index (χ0) is 21.6. The first-order valence-electron chi connectivity index (χ1n) is 11.6. The quantitative estimate of drug-likeness (QED) is 0.246. The topological polar surface area (TPSA) is 37.4 Å². The van der Waals surface area contributed by atoms with Gasteiger partial charge in [-0.25, -0.2) is 12.7 Å². The lowest BCUT2D eigenvalue weighted by molar-refractivity contribution is -0.903. The summed E-state index contributed by atoms with van der Waals surface area (Å²) >= 11 is 0. The van der Waals surface area contributed by atoms with Crippen molar-refractivity contribution < 1.29 is 12.9 Å². The van der Waals surface area contributed by atoms with Crippen LogP contribution in [0.15, 0.2) is 30.3 Å². The van der Waals surface area contributed by atoms with Crippen LogP contribution in [0.1, 0.15) is 76.7 Å². The van der Waals surface area contributed by atoms with Gasteiger partial charge in [-0.15, -0.1) is 0 Å². The highest BCUT2D eigenvalue weighted by atomic mass is 32.2. The van der Waals surface area contributed by atoms with Gasteiger partial charge < -0.3 is 4.48 Å². The number of benzene rings is 1. The van der Waals surface area contributed by atoms with E-state index in [2.05, 4.69) is 45.3 Å². The van der Waals surface area contributed by atoms with Crippen molar-refractivity contribution in [2.45, 2.75) is 77.7 Å². The smallest absolute Gasteiger partial charge is 0.213 e. The summed E-state index contributed by atoms with van der Waals surface area (Å²) in [5.74, 6) is 0.293. The van der Waals surface area contributed by atoms with E-state index < -0.39 is 10.0 Å². The monoisotopic (exact) mass is 425 g/mol. The minimum absolute atomic E-state index is 0.293.